The zero-order valence-corrected chi connectivity index (χ0v) is 14.3. The molecule has 1 aromatic carbocycles. The van der Waals surface area contributed by atoms with Crippen molar-refractivity contribution < 1.29 is 9.21 Å². The highest BCUT2D eigenvalue weighted by molar-refractivity contribution is 5.84. The molecule has 3 nitrogen and oxygen atoms in total. The maximum atomic E-state index is 13.1. The molecule has 6 rings (SSSR count). The van der Waals surface area contributed by atoms with Gasteiger partial charge in [-0.05, 0) is 75.3 Å². The minimum absolute atomic E-state index is 0.0714. The third kappa shape index (κ3) is 2.21. The summed E-state index contributed by atoms with van der Waals surface area (Å²) in [6.07, 6.45) is 7.43. The van der Waals surface area contributed by atoms with Crippen molar-refractivity contribution in [3.8, 4) is 0 Å². The second kappa shape index (κ2) is 5.11. The molecule has 1 N–H and O–H groups in total. The maximum Gasteiger partial charge on any atom is 0.226 e. The average molecular weight is 323 g/mol. The van der Waals surface area contributed by atoms with E-state index in [-0.39, 0.29) is 17.4 Å². The number of nitrogens with one attached hydrogen (secondary N) is 1. The summed E-state index contributed by atoms with van der Waals surface area (Å²) in [4.78, 5) is 13.1. The Morgan fingerprint density at radius 3 is 2.38 bits per heavy atom. The molecular weight excluding hydrogens is 298 g/mol. The van der Waals surface area contributed by atoms with Crippen LogP contribution in [0.3, 0.4) is 0 Å². The molecular formula is C21H25NO2. The standard InChI is InChI=1S/C21H25NO2/c1-13(19-9-17-4-2-3-5-18(17)24-19)22-20(23)21-10-14-6-15(11-21)8-16(7-14)12-21/h2-5,9,13-16H,6-8,10-12H2,1H3,(H,22,23). The number of hydrogen-bond acceptors (Lipinski definition) is 2. The summed E-state index contributed by atoms with van der Waals surface area (Å²) in [5.74, 6) is 3.51. The van der Waals surface area contributed by atoms with Crippen LogP contribution in [0.25, 0.3) is 11.0 Å². The molecule has 3 heteroatoms. The lowest BCUT2D eigenvalue weighted by atomic mass is 9.49. The van der Waals surface area contributed by atoms with Crippen molar-refractivity contribution in [1.29, 1.82) is 0 Å². The van der Waals surface area contributed by atoms with E-state index in [2.05, 4.69) is 17.4 Å². The van der Waals surface area contributed by atoms with Gasteiger partial charge in [-0.15, -0.1) is 0 Å². The van der Waals surface area contributed by atoms with Gasteiger partial charge in [0.25, 0.3) is 0 Å². The third-order valence-corrected chi connectivity index (χ3v) is 6.74. The first-order chi connectivity index (χ1) is 11.6. The summed E-state index contributed by atoms with van der Waals surface area (Å²) in [5, 5.41) is 4.38. The van der Waals surface area contributed by atoms with Gasteiger partial charge in [0.2, 0.25) is 5.91 Å². The van der Waals surface area contributed by atoms with Gasteiger partial charge in [0.05, 0.1) is 6.04 Å². The molecule has 4 fully saturated rings. The number of furan rings is 1. The minimum atomic E-state index is -0.0883. The molecule has 24 heavy (non-hydrogen) atoms. The summed E-state index contributed by atoms with van der Waals surface area (Å²) >= 11 is 0. The molecule has 4 aliphatic rings. The topological polar surface area (TPSA) is 42.2 Å². The highest BCUT2D eigenvalue weighted by atomic mass is 16.3. The summed E-state index contributed by atoms with van der Waals surface area (Å²) in [7, 11) is 0. The van der Waals surface area contributed by atoms with E-state index in [1.54, 1.807) is 0 Å². The molecule has 4 bridgehead atoms. The Hall–Kier alpha value is -1.77. The molecule has 126 valence electrons. The fourth-order valence-corrected chi connectivity index (χ4v) is 6.03. The second-order valence-corrected chi connectivity index (χ2v) is 8.58. The molecule has 1 heterocycles. The van der Waals surface area contributed by atoms with Gasteiger partial charge in [-0.25, -0.2) is 0 Å². The van der Waals surface area contributed by atoms with Crippen LogP contribution in [0.1, 0.15) is 57.3 Å². The molecule has 0 saturated heterocycles. The van der Waals surface area contributed by atoms with Crippen molar-refractivity contribution in [2.24, 2.45) is 23.2 Å². The van der Waals surface area contributed by atoms with Gasteiger partial charge in [0.1, 0.15) is 11.3 Å². The molecule has 1 unspecified atom stereocenters. The number of benzene rings is 1. The first-order valence-electron chi connectivity index (χ1n) is 9.41. The predicted molar refractivity (Wildman–Crippen MR) is 93.4 cm³/mol. The lowest BCUT2D eigenvalue weighted by Crippen LogP contribution is -2.53. The minimum Gasteiger partial charge on any atom is -0.459 e. The van der Waals surface area contributed by atoms with Crippen LogP contribution in [0.2, 0.25) is 0 Å². The summed E-state index contributed by atoms with van der Waals surface area (Å²) in [5.41, 5.74) is 0.804. The van der Waals surface area contributed by atoms with Gasteiger partial charge < -0.3 is 9.73 Å². The molecule has 0 aliphatic heterocycles. The van der Waals surface area contributed by atoms with Gasteiger partial charge in [-0.2, -0.15) is 0 Å². The monoisotopic (exact) mass is 323 g/mol. The van der Waals surface area contributed by atoms with E-state index in [4.69, 9.17) is 4.42 Å². The average Bonchev–Trinajstić information content (AvgIpc) is 2.97. The number of amides is 1. The lowest BCUT2D eigenvalue weighted by Gasteiger charge is -2.55. The van der Waals surface area contributed by atoms with Crippen molar-refractivity contribution in [2.75, 3.05) is 0 Å². The largest absolute Gasteiger partial charge is 0.459 e. The summed E-state index contributed by atoms with van der Waals surface area (Å²) in [6.45, 7) is 2.04. The molecule has 4 saturated carbocycles. The summed E-state index contributed by atoms with van der Waals surface area (Å²) < 4.78 is 5.93. The van der Waals surface area contributed by atoms with Crippen LogP contribution < -0.4 is 5.32 Å². The van der Waals surface area contributed by atoms with Gasteiger partial charge in [0, 0.05) is 10.8 Å². The molecule has 4 aliphatic carbocycles. The van der Waals surface area contributed by atoms with Crippen LogP contribution in [0, 0.1) is 23.2 Å². The fraction of sp³-hybridized carbons (Fsp3) is 0.571. The third-order valence-electron chi connectivity index (χ3n) is 6.74. The quantitative estimate of drug-likeness (QED) is 0.879. The molecule has 0 spiro atoms. The van der Waals surface area contributed by atoms with Crippen LogP contribution in [0.5, 0.6) is 0 Å². The van der Waals surface area contributed by atoms with Crippen molar-refractivity contribution in [3.63, 3.8) is 0 Å². The van der Waals surface area contributed by atoms with E-state index >= 15 is 0 Å². The van der Waals surface area contributed by atoms with E-state index in [9.17, 15) is 4.79 Å². The van der Waals surface area contributed by atoms with E-state index in [0.717, 1.165) is 53.7 Å². The van der Waals surface area contributed by atoms with Gasteiger partial charge >= 0.3 is 0 Å². The lowest BCUT2D eigenvalue weighted by molar-refractivity contribution is -0.147. The Balaban J connectivity index is 1.36. The zero-order chi connectivity index (χ0) is 16.3. The van der Waals surface area contributed by atoms with Crippen LogP contribution in [-0.4, -0.2) is 5.91 Å². The van der Waals surface area contributed by atoms with Crippen LogP contribution in [0.15, 0.2) is 34.7 Å². The zero-order valence-electron chi connectivity index (χ0n) is 14.3. The van der Waals surface area contributed by atoms with Crippen LogP contribution in [0.4, 0.5) is 0 Å². The van der Waals surface area contributed by atoms with E-state index in [0.29, 0.717) is 0 Å². The Morgan fingerprint density at radius 1 is 1.12 bits per heavy atom. The molecule has 0 radical (unpaired) electrons. The second-order valence-electron chi connectivity index (χ2n) is 8.58. The predicted octanol–water partition coefficient (Wildman–Crippen LogP) is 4.83. The first kappa shape index (κ1) is 14.6. The van der Waals surface area contributed by atoms with Crippen molar-refractivity contribution in [1.82, 2.24) is 5.32 Å². The summed E-state index contributed by atoms with van der Waals surface area (Å²) in [6, 6.07) is 10.0. The number of hydrogen-bond donors (Lipinski definition) is 1. The van der Waals surface area contributed by atoms with Gasteiger partial charge in [-0.3, -0.25) is 4.79 Å². The Labute approximate surface area is 142 Å². The van der Waals surface area contributed by atoms with Gasteiger partial charge in [-0.1, -0.05) is 18.2 Å². The highest BCUT2D eigenvalue weighted by Crippen LogP contribution is 2.60. The number of para-hydroxylation sites is 1. The smallest absolute Gasteiger partial charge is 0.226 e. The Kier molecular flexibility index (Phi) is 3.10. The molecule has 1 atom stereocenters. The van der Waals surface area contributed by atoms with E-state index in [1.165, 1.54) is 19.3 Å². The number of carbonyl (C=O) groups excluding carboxylic acids is 1. The number of carbonyl (C=O) groups is 1. The van der Waals surface area contributed by atoms with Crippen LogP contribution >= 0.6 is 0 Å². The van der Waals surface area contributed by atoms with E-state index < -0.39 is 0 Å². The molecule has 1 aromatic heterocycles. The number of rotatable bonds is 3. The van der Waals surface area contributed by atoms with Crippen molar-refractivity contribution in [2.45, 2.75) is 51.5 Å². The molecule has 2 aromatic rings. The van der Waals surface area contributed by atoms with Crippen molar-refractivity contribution in [3.05, 3.63) is 36.1 Å². The number of fused-ring (bicyclic) bond motifs is 1. The van der Waals surface area contributed by atoms with Gasteiger partial charge in [0.15, 0.2) is 0 Å². The molecule has 1 amide bonds. The highest BCUT2D eigenvalue weighted by Gasteiger charge is 2.54. The SMILES string of the molecule is CC(NC(=O)C12CC3CC(CC(C3)C1)C2)c1cc2ccccc2o1. The first-order valence-corrected chi connectivity index (χ1v) is 9.41. The maximum absolute atomic E-state index is 13.1. The van der Waals surface area contributed by atoms with Crippen LogP contribution in [-0.2, 0) is 4.79 Å². The Morgan fingerprint density at radius 2 is 1.75 bits per heavy atom. The normalized spacial score (nSPS) is 35.3. The van der Waals surface area contributed by atoms with Crippen molar-refractivity contribution >= 4 is 16.9 Å². The van der Waals surface area contributed by atoms with E-state index in [1.807, 2.05) is 25.1 Å². The Bertz CT molecular complexity index is 722. The fourth-order valence-electron chi connectivity index (χ4n) is 6.03.